The zero-order valence-corrected chi connectivity index (χ0v) is 15.0. The van der Waals surface area contributed by atoms with Crippen molar-refractivity contribution in [2.75, 3.05) is 32.0 Å². The van der Waals surface area contributed by atoms with Crippen molar-refractivity contribution in [1.29, 1.82) is 0 Å². The van der Waals surface area contributed by atoms with Crippen LogP contribution in [0, 0.1) is 0 Å². The molecule has 1 aliphatic heterocycles. The Hall–Kier alpha value is -1.75. The average Bonchev–Trinajstić information content (AvgIpc) is 2.48. The second kappa shape index (κ2) is 7.49. The summed E-state index contributed by atoms with van der Waals surface area (Å²) in [7, 11) is 2.04. The number of nitrogens with one attached hydrogen (secondary N) is 1. The Bertz CT molecular complexity index is 585. The van der Waals surface area contributed by atoms with Gasteiger partial charge in [0, 0.05) is 54.0 Å². The van der Waals surface area contributed by atoms with E-state index in [9.17, 15) is 0 Å². The van der Waals surface area contributed by atoms with Crippen molar-refractivity contribution in [2.24, 2.45) is 0 Å². The number of hydrogen-bond acceptors (Lipinski definition) is 4. The van der Waals surface area contributed by atoms with Crippen LogP contribution < -0.4 is 5.32 Å². The van der Waals surface area contributed by atoms with Crippen LogP contribution in [0.1, 0.15) is 19.4 Å². The first-order valence-electron chi connectivity index (χ1n) is 7.49. The molecule has 2 heterocycles. The molecule has 4 nitrogen and oxygen atoms in total. The minimum Gasteiger partial charge on any atom is -0.374 e. The van der Waals surface area contributed by atoms with E-state index in [1.54, 1.807) is 0 Å². The van der Waals surface area contributed by atoms with Gasteiger partial charge in [-0.05, 0) is 48.0 Å². The van der Waals surface area contributed by atoms with Gasteiger partial charge in [-0.15, -0.1) is 0 Å². The number of nitrogens with zero attached hydrogens (tertiary/aromatic N) is 3. The molecule has 1 N–H and O–H groups in total. The third-order valence-electron chi connectivity index (χ3n) is 3.61. The quantitative estimate of drug-likeness (QED) is 0.832. The molecule has 1 aromatic heterocycles. The standard InChI is InChI=1S/C17H23BrN4/c1-5-22(6-2)13(3)14-7-8-17(19-10-14)20-16-9-15(18)11-21(4)12-16/h7-11H,3,5-6,12H2,1-2,4H3,(H,19,20). The van der Waals surface area contributed by atoms with Crippen molar-refractivity contribution in [3.63, 3.8) is 0 Å². The van der Waals surface area contributed by atoms with Gasteiger partial charge in [0.1, 0.15) is 5.82 Å². The molecule has 5 heteroatoms. The molecule has 2 rings (SSSR count). The van der Waals surface area contributed by atoms with Crippen LogP contribution in [0.2, 0.25) is 0 Å². The second-order valence-electron chi connectivity index (χ2n) is 5.27. The maximum Gasteiger partial charge on any atom is 0.130 e. The van der Waals surface area contributed by atoms with E-state index in [-0.39, 0.29) is 0 Å². The van der Waals surface area contributed by atoms with Crippen molar-refractivity contribution in [3.8, 4) is 0 Å². The average molecular weight is 363 g/mol. The zero-order valence-electron chi connectivity index (χ0n) is 13.4. The van der Waals surface area contributed by atoms with Crippen LogP contribution in [0.4, 0.5) is 5.82 Å². The molecule has 0 unspecified atom stereocenters. The highest BCUT2D eigenvalue weighted by Gasteiger charge is 2.10. The summed E-state index contributed by atoms with van der Waals surface area (Å²) < 4.78 is 1.05. The van der Waals surface area contributed by atoms with E-state index in [0.717, 1.165) is 46.9 Å². The lowest BCUT2D eigenvalue weighted by atomic mass is 10.2. The predicted molar refractivity (Wildman–Crippen MR) is 97.5 cm³/mol. The molecular formula is C17H23BrN4. The number of likely N-dealkylation sites (N-methyl/N-ethyl adjacent to an activating group) is 1. The summed E-state index contributed by atoms with van der Waals surface area (Å²) in [6, 6.07) is 4.06. The summed E-state index contributed by atoms with van der Waals surface area (Å²) in [5, 5.41) is 3.36. The van der Waals surface area contributed by atoms with Gasteiger partial charge >= 0.3 is 0 Å². The van der Waals surface area contributed by atoms with Gasteiger partial charge in [0.05, 0.1) is 6.54 Å². The van der Waals surface area contributed by atoms with Crippen LogP contribution in [0.5, 0.6) is 0 Å². The summed E-state index contributed by atoms with van der Waals surface area (Å²) in [4.78, 5) is 8.84. The van der Waals surface area contributed by atoms with Crippen LogP contribution in [-0.4, -0.2) is 41.5 Å². The van der Waals surface area contributed by atoms with Crippen molar-refractivity contribution in [1.82, 2.24) is 14.8 Å². The fourth-order valence-electron chi connectivity index (χ4n) is 2.44. The highest BCUT2D eigenvalue weighted by molar-refractivity contribution is 9.11. The third kappa shape index (κ3) is 4.13. The molecule has 0 spiro atoms. The van der Waals surface area contributed by atoms with E-state index in [4.69, 9.17) is 0 Å². The van der Waals surface area contributed by atoms with E-state index < -0.39 is 0 Å². The minimum absolute atomic E-state index is 0.838. The first-order chi connectivity index (χ1) is 10.5. The number of anilines is 1. The van der Waals surface area contributed by atoms with Crippen molar-refractivity contribution < 1.29 is 0 Å². The van der Waals surface area contributed by atoms with Gasteiger partial charge in [-0.25, -0.2) is 4.98 Å². The van der Waals surface area contributed by atoms with Crippen molar-refractivity contribution in [2.45, 2.75) is 13.8 Å². The fourth-order valence-corrected chi connectivity index (χ4v) is 3.07. The number of allylic oxidation sites excluding steroid dienone is 2. The molecule has 1 aromatic rings. The van der Waals surface area contributed by atoms with Crippen LogP contribution in [-0.2, 0) is 0 Å². The fraction of sp³-hybridized carbons (Fsp3) is 0.353. The van der Waals surface area contributed by atoms with Gasteiger partial charge < -0.3 is 15.1 Å². The molecule has 0 atom stereocenters. The monoisotopic (exact) mass is 362 g/mol. The Morgan fingerprint density at radius 2 is 2.14 bits per heavy atom. The lowest BCUT2D eigenvalue weighted by Gasteiger charge is -2.24. The van der Waals surface area contributed by atoms with Gasteiger partial charge in [-0.1, -0.05) is 6.58 Å². The molecule has 0 fully saturated rings. The largest absolute Gasteiger partial charge is 0.374 e. The maximum absolute atomic E-state index is 4.50. The number of rotatable bonds is 6. The zero-order chi connectivity index (χ0) is 16.1. The molecule has 0 bridgehead atoms. The molecule has 118 valence electrons. The number of aromatic nitrogens is 1. The van der Waals surface area contributed by atoms with E-state index in [0.29, 0.717) is 0 Å². The Kier molecular flexibility index (Phi) is 5.66. The molecule has 0 aliphatic carbocycles. The Labute approximate surface area is 141 Å². The van der Waals surface area contributed by atoms with E-state index in [2.05, 4.69) is 74.8 Å². The van der Waals surface area contributed by atoms with Crippen LogP contribution in [0.15, 0.2) is 47.4 Å². The smallest absolute Gasteiger partial charge is 0.130 e. The Morgan fingerprint density at radius 3 is 2.68 bits per heavy atom. The van der Waals surface area contributed by atoms with Gasteiger partial charge in [0.2, 0.25) is 0 Å². The molecule has 0 aromatic carbocycles. The molecule has 1 aliphatic rings. The van der Waals surface area contributed by atoms with Gasteiger partial charge in [-0.3, -0.25) is 0 Å². The highest BCUT2D eigenvalue weighted by Crippen LogP contribution is 2.20. The van der Waals surface area contributed by atoms with E-state index in [1.807, 2.05) is 19.3 Å². The van der Waals surface area contributed by atoms with E-state index in [1.165, 1.54) is 0 Å². The summed E-state index contributed by atoms with van der Waals surface area (Å²) in [6.45, 7) is 11.2. The molecule has 0 saturated heterocycles. The number of halogens is 1. The van der Waals surface area contributed by atoms with Gasteiger partial charge in [-0.2, -0.15) is 0 Å². The predicted octanol–water partition coefficient (Wildman–Crippen LogP) is 3.87. The number of pyridine rings is 1. The van der Waals surface area contributed by atoms with Crippen molar-refractivity contribution >= 4 is 27.4 Å². The van der Waals surface area contributed by atoms with Crippen LogP contribution in [0.3, 0.4) is 0 Å². The third-order valence-corrected chi connectivity index (χ3v) is 4.04. The normalized spacial score (nSPS) is 14.3. The van der Waals surface area contributed by atoms with E-state index >= 15 is 0 Å². The first kappa shape index (κ1) is 16.6. The van der Waals surface area contributed by atoms with Gasteiger partial charge in [0.15, 0.2) is 0 Å². The number of hydrogen-bond donors (Lipinski definition) is 1. The Balaban J connectivity index is 2.07. The molecule has 0 radical (unpaired) electrons. The molecular weight excluding hydrogens is 340 g/mol. The summed E-state index contributed by atoms with van der Waals surface area (Å²) in [5.41, 5.74) is 3.19. The highest BCUT2D eigenvalue weighted by atomic mass is 79.9. The maximum atomic E-state index is 4.50. The first-order valence-corrected chi connectivity index (χ1v) is 8.28. The molecule has 0 amide bonds. The van der Waals surface area contributed by atoms with Crippen molar-refractivity contribution in [3.05, 3.63) is 52.9 Å². The Morgan fingerprint density at radius 1 is 1.41 bits per heavy atom. The lowest BCUT2D eigenvalue weighted by Crippen LogP contribution is -2.22. The lowest BCUT2D eigenvalue weighted by molar-refractivity contribution is 0.442. The second-order valence-corrected chi connectivity index (χ2v) is 6.19. The topological polar surface area (TPSA) is 31.4 Å². The van der Waals surface area contributed by atoms with Gasteiger partial charge in [0.25, 0.3) is 0 Å². The van der Waals surface area contributed by atoms with Crippen LogP contribution in [0.25, 0.3) is 5.70 Å². The molecule has 22 heavy (non-hydrogen) atoms. The van der Waals surface area contributed by atoms with Crippen LogP contribution >= 0.6 is 15.9 Å². The summed E-state index contributed by atoms with van der Waals surface area (Å²) in [6.07, 6.45) is 6.00. The summed E-state index contributed by atoms with van der Waals surface area (Å²) in [5.74, 6) is 0.845. The summed E-state index contributed by atoms with van der Waals surface area (Å²) >= 11 is 3.51. The minimum atomic E-state index is 0.838. The SMILES string of the molecule is C=C(c1ccc(NC2=CC(Br)=CN(C)C2)nc1)N(CC)CC. The molecule has 0 saturated carbocycles.